The van der Waals surface area contributed by atoms with E-state index in [-0.39, 0.29) is 11.4 Å². The number of benzene rings is 1. The van der Waals surface area contributed by atoms with E-state index in [4.69, 9.17) is 9.47 Å². The molecular formula is C27H34N2O5S. The van der Waals surface area contributed by atoms with Crippen LogP contribution in [0.15, 0.2) is 53.1 Å². The van der Waals surface area contributed by atoms with Crippen molar-refractivity contribution in [1.29, 1.82) is 0 Å². The van der Waals surface area contributed by atoms with E-state index in [9.17, 15) is 14.7 Å². The summed E-state index contributed by atoms with van der Waals surface area (Å²) >= 11 is 1.31. The average molecular weight is 499 g/mol. The second-order valence-corrected chi connectivity index (χ2v) is 9.85. The lowest BCUT2D eigenvalue weighted by molar-refractivity contribution is -0.129. The van der Waals surface area contributed by atoms with Gasteiger partial charge in [-0.25, -0.2) is 0 Å². The highest BCUT2D eigenvalue weighted by molar-refractivity contribution is 7.12. The van der Waals surface area contributed by atoms with Crippen LogP contribution in [0.1, 0.15) is 53.9 Å². The Bertz CT molecular complexity index is 1030. The number of morpholine rings is 1. The van der Waals surface area contributed by atoms with Crippen molar-refractivity contribution in [2.24, 2.45) is 0 Å². The number of ketones is 1. The van der Waals surface area contributed by atoms with Crippen LogP contribution >= 0.6 is 11.3 Å². The zero-order valence-electron chi connectivity index (χ0n) is 20.3. The molecule has 2 aliphatic heterocycles. The highest BCUT2D eigenvalue weighted by atomic mass is 32.1. The van der Waals surface area contributed by atoms with E-state index in [1.165, 1.54) is 11.3 Å². The summed E-state index contributed by atoms with van der Waals surface area (Å²) in [5, 5.41) is 12.7. The van der Waals surface area contributed by atoms with E-state index in [0.717, 1.165) is 64.1 Å². The monoisotopic (exact) mass is 498 g/mol. The van der Waals surface area contributed by atoms with E-state index in [0.29, 0.717) is 23.8 Å². The molecule has 0 radical (unpaired) electrons. The molecule has 0 saturated carbocycles. The number of amides is 1. The summed E-state index contributed by atoms with van der Waals surface area (Å²) in [7, 11) is 0. The fourth-order valence-corrected chi connectivity index (χ4v) is 5.29. The smallest absolute Gasteiger partial charge is 0.290 e. The Morgan fingerprint density at radius 3 is 2.71 bits per heavy atom. The molecule has 1 aromatic carbocycles. The van der Waals surface area contributed by atoms with E-state index < -0.39 is 17.7 Å². The van der Waals surface area contributed by atoms with Crippen LogP contribution in [0.3, 0.4) is 0 Å². The van der Waals surface area contributed by atoms with Gasteiger partial charge in [0.05, 0.1) is 36.3 Å². The number of carbonyl (C=O) groups excluding carboxylic acids is 2. The standard InChI is InChI=1S/C27H34N2O5S/c1-2-3-4-15-34-21-9-5-8-20(19-21)24-23(25(30)22-10-6-18-35-22)26(31)27(32)29(24)12-7-11-28-13-16-33-17-14-28/h5-6,8-10,18-19,24,31H,2-4,7,11-17H2,1H3. The number of aliphatic hydroxyl groups excluding tert-OH is 1. The molecule has 1 fully saturated rings. The molecule has 1 atom stereocenters. The maximum atomic E-state index is 13.4. The van der Waals surface area contributed by atoms with Gasteiger partial charge in [-0.05, 0) is 42.0 Å². The van der Waals surface area contributed by atoms with Crippen molar-refractivity contribution in [2.45, 2.75) is 38.6 Å². The van der Waals surface area contributed by atoms with Crippen molar-refractivity contribution in [3.8, 4) is 5.75 Å². The molecule has 3 heterocycles. The third kappa shape index (κ3) is 6.12. The van der Waals surface area contributed by atoms with Gasteiger partial charge in [-0.15, -0.1) is 11.3 Å². The summed E-state index contributed by atoms with van der Waals surface area (Å²) in [5.41, 5.74) is 0.911. The number of thiophene rings is 1. The Balaban J connectivity index is 1.57. The summed E-state index contributed by atoms with van der Waals surface area (Å²) in [6, 6.07) is 10.4. The molecule has 4 rings (SSSR count). The van der Waals surface area contributed by atoms with E-state index in [2.05, 4.69) is 11.8 Å². The summed E-state index contributed by atoms with van der Waals surface area (Å²) in [6.07, 6.45) is 3.93. The predicted octanol–water partition coefficient (Wildman–Crippen LogP) is 4.62. The number of nitrogens with zero attached hydrogens (tertiary/aromatic N) is 2. The Morgan fingerprint density at radius 2 is 1.97 bits per heavy atom. The molecule has 1 N–H and O–H groups in total. The number of Topliss-reactive ketones (excluding diaryl/α,β-unsaturated/α-hetero) is 1. The molecule has 8 heteroatoms. The predicted molar refractivity (Wildman–Crippen MR) is 136 cm³/mol. The lowest BCUT2D eigenvalue weighted by Gasteiger charge is -2.30. The van der Waals surface area contributed by atoms with Gasteiger partial charge < -0.3 is 19.5 Å². The molecule has 0 bridgehead atoms. The maximum Gasteiger partial charge on any atom is 0.290 e. The minimum Gasteiger partial charge on any atom is -0.503 e. The summed E-state index contributed by atoms with van der Waals surface area (Å²) in [6.45, 7) is 7.22. The molecule has 2 aromatic rings. The fraction of sp³-hybridized carbons (Fsp3) is 0.481. The zero-order chi connectivity index (χ0) is 24.6. The van der Waals surface area contributed by atoms with E-state index in [1.807, 2.05) is 29.6 Å². The lowest BCUT2D eigenvalue weighted by Crippen LogP contribution is -2.39. The van der Waals surface area contributed by atoms with Crippen LogP contribution in [0, 0.1) is 0 Å². The van der Waals surface area contributed by atoms with Gasteiger partial charge in [0.2, 0.25) is 5.78 Å². The normalized spacial score (nSPS) is 18.9. The van der Waals surface area contributed by atoms with Gasteiger partial charge in [-0.3, -0.25) is 14.5 Å². The van der Waals surface area contributed by atoms with E-state index >= 15 is 0 Å². The third-order valence-corrected chi connectivity index (χ3v) is 7.33. The minimum absolute atomic E-state index is 0.145. The number of ether oxygens (including phenoxy) is 2. The van der Waals surface area contributed by atoms with Crippen molar-refractivity contribution in [1.82, 2.24) is 9.80 Å². The molecule has 188 valence electrons. The Morgan fingerprint density at radius 1 is 1.14 bits per heavy atom. The number of rotatable bonds is 12. The lowest BCUT2D eigenvalue weighted by atomic mass is 9.95. The van der Waals surface area contributed by atoms with E-state index in [1.54, 1.807) is 17.0 Å². The molecule has 0 spiro atoms. The third-order valence-electron chi connectivity index (χ3n) is 6.46. The average Bonchev–Trinajstić information content (AvgIpc) is 3.50. The molecule has 1 amide bonds. The topological polar surface area (TPSA) is 79.3 Å². The Labute approximate surface area is 210 Å². The molecule has 1 aromatic heterocycles. The largest absolute Gasteiger partial charge is 0.503 e. The summed E-state index contributed by atoms with van der Waals surface area (Å²) in [4.78, 5) is 31.0. The molecule has 0 aliphatic carbocycles. The first-order valence-electron chi connectivity index (χ1n) is 12.4. The zero-order valence-corrected chi connectivity index (χ0v) is 21.1. The maximum absolute atomic E-state index is 13.4. The summed E-state index contributed by atoms with van der Waals surface area (Å²) < 4.78 is 11.4. The number of unbranched alkanes of at least 4 members (excludes halogenated alkanes) is 2. The van der Waals surface area contributed by atoms with Crippen LogP contribution < -0.4 is 4.74 Å². The van der Waals surface area contributed by atoms with Crippen molar-refractivity contribution >= 4 is 23.0 Å². The van der Waals surface area contributed by atoms with Crippen molar-refractivity contribution in [3.05, 3.63) is 63.6 Å². The molecule has 35 heavy (non-hydrogen) atoms. The molecular weight excluding hydrogens is 464 g/mol. The van der Waals surface area contributed by atoms with Gasteiger partial charge in [0, 0.05) is 26.2 Å². The molecule has 2 aliphatic rings. The van der Waals surface area contributed by atoms with Crippen LogP contribution in [0.4, 0.5) is 0 Å². The van der Waals surface area contributed by atoms with Gasteiger partial charge in [-0.2, -0.15) is 0 Å². The van der Waals surface area contributed by atoms with Gasteiger partial charge >= 0.3 is 0 Å². The van der Waals surface area contributed by atoms with Crippen LogP contribution in [0.5, 0.6) is 5.75 Å². The van der Waals surface area contributed by atoms with Gasteiger partial charge in [-0.1, -0.05) is 38.0 Å². The van der Waals surface area contributed by atoms with Crippen molar-refractivity contribution < 1.29 is 24.2 Å². The number of carbonyl (C=O) groups is 2. The highest BCUT2D eigenvalue weighted by Gasteiger charge is 2.43. The van der Waals surface area contributed by atoms with Crippen molar-refractivity contribution in [3.63, 3.8) is 0 Å². The number of hydrogen-bond donors (Lipinski definition) is 1. The minimum atomic E-state index is -0.652. The molecule has 1 saturated heterocycles. The quantitative estimate of drug-likeness (QED) is 0.340. The van der Waals surface area contributed by atoms with Crippen molar-refractivity contribution in [2.75, 3.05) is 46.0 Å². The summed E-state index contributed by atoms with van der Waals surface area (Å²) in [5.74, 6) is -0.547. The number of aliphatic hydroxyl groups is 1. The van der Waals surface area contributed by atoms with Gasteiger partial charge in [0.15, 0.2) is 5.76 Å². The fourth-order valence-electron chi connectivity index (χ4n) is 4.61. The first kappa shape index (κ1) is 25.4. The molecule has 7 nitrogen and oxygen atoms in total. The van der Waals surface area contributed by atoms with Gasteiger partial charge in [0.1, 0.15) is 5.75 Å². The second-order valence-electron chi connectivity index (χ2n) is 8.91. The number of hydrogen-bond acceptors (Lipinski definition) is 7. The van der Waals surface area contributed by atoms with Crippen LogP contribution in [0.25, 0.3) is 0 Å². The Kier molecular flexibility index (Phi) is 8.95. The second kappa shape index (κ2) is 12.3. The SMILES string of the molecule is CCCCCOc1cccc(C2C(C(=O)c3cccs3)=C(O)C(=O)N2CCCN2CCOCC2)c1. The first-order chi connectivity index (χ1) is 17.1. The first-order valence-corrected chi connectivity index (χ1v) is 13.3. The Hall–Kier alpha value is -2.68. The van der Waals surface area contributed by atoms with Crippen LogP contribution in [-0.4, -0.2) is 72.6 Å². The molecule has 1 unspecified atom stereocenters. The highest BCUT2D eigenvalue weighted by Crippen LogP contribution is 2.40. The van der Waals surface area contributed by atoms with Gasteiger partial charge in [0.25, 0.3) is 5.91 Å². The van der Waals surface area contributed by atoms with Crippen LogP contribution in [-0.2, 0) is 9.53 Å². The van der Waals surface area contributed by atoms with Crippen LogP contribution in [0.2, 0.25) is 0 Å².